The number of rotatable bonds is 6. The summed E-state index contributed by atoms with van der Waals surface area (Å²) in [5, 5.41) is 24.0. The van der Waals surface area contributed by atoms with E-state index < -0.39 is 48.8 Å². The van der Waals surface area contributed by atoms with Gasteiger partial charge in [0.25, 0.3) is 0 Å². The normalized spacial score (nSPS) is 27.0. The molecule has 35 heavy (non-hydrogen) atoms. The van der Waals surface area contributed by atoms with Crippen molar-refractivity contribution in [2.24, 2.45) is 9.98 Å². The van der Waals surface area contributed by atoms with Crippen LogP contribution in [0.2, 0.25) is 0 Å². The molecular weight excluding hydrogens is 466 g/mol. The summed E-state index contributed by atoms with van der Waals surface area (Å²) >= 11 is 0. The molecule has 3 heterocycles. The first-order valence-corrected chi connectivity index (χ1v) is 10.4. The number of fused-ring (bicyclic) bond motifs is 1. The number of phenolic OH excluding ortho intramolecular Hbond substituents is 1. The second kappa shape index (κ2) is 9.60. The Morgan fingerprint density at radius 3 is 2.34 bits per heavy atom. The maximum absolute atomic E-state index is 11.9. The topological polar surface area (TPSA) is 172 Å². The largest absolute Gasteiger partial charge is 0.508 e. The molecule has 4 rings (SSSR count). The molecule has 1 aromatic carbocycles. The van der Waals surface area contributed by atoms with Crippen LogP contribution in [0.25, 0.3) is 0 Å². The van der Waals surface area contributed by atoms with E-state index in [1.165, 1.54) is 23.4 Å². The van der Waals surface area contributed by atoms with Crippen molar-refractivity contribution in [1.82, 2.24) is 9.96 Å². The number of nitrogens with one attached hydrogen (secondary N) is 1. The lowest BCUT2D eigenvalue weighted by Crippen LogP contribution is -2.54. The zero-order valence-corrected chi connectivity index (χ0v) is 18.9. The molecule has 0 saturated carbocycles. The lowest BCUT2D eigenvalue weighted by Gasteiger charge is -2.36. The van der Waals surface area contributed by atoms with Gasteiger partial charge < -0.3 is 34.3 Å². The maximum atomic E-state index is 11.9. The zero-order valence-electron chi connectivity index (χ0n) is 18.9. The molecule has 0 spiro atoms. The molecule has 3 N–H and O–H groups in total. The average Bonchev–Trinajstić information content (AvgIpc) is 3.33. The fraction of sp³-hybridized carbons (Fsp3) is 0.381. The highest BCUT2D eigenvalue weighted by Crippen LogP contribution is 2.36. The SMILES string of the molecule is CC(=O)OC1OC(N2C=NC3=C(Nc4cccc(O)c4)N=CN(O)C32)C(OC(C)=O)C1OC(C)=O. The van der Waals surface area contributed by atoms with Gasteiger partial charge in [0.05, 0.1) is 6.34 Å². The van der Waals surface area contributed by atoms with Gasteiger partial charge in [-0.15, -0.1) is 0 Å². The second-order valence-electron chi connectivity index (χ2n) is 7.75. The quantitative estimate of drug-likeness (QED) is 0.373. The molecule has 0 amide bonds. The average molecular weight is 489 g/mol. The molecule has 1 aromatic rings. The molecule has 5 atom stereocenters. The fourth-order valence-electron chi connectivity index (χ4n) is 3.85. The van der Waals surface area contributed by atoms with Crippen molar-refractivity contribution in [2.75, 3.05) is 5.32 Å². The molecule has 1 fully saturated rings. The predicted molar refractivity (Wildman–Crippen MR) is 117 cm³/mol. The number of aromatic hydroxyl groups is 1. The van der Waals surface area contributed by atoms with Crippen LogP contribution in [0.4, 0.5) is 5.69 Å². The molecule has 14 heteroatoms. The summed E-state index contributed by atoms with van der Waals surface area (Å²) < 4.78 is 21.6. The van der Waals surface area contributed by atoms with Gasteiger partial charge in [0.15, 0.2) is 24.3 Å². The lowest BCUT2D eigenvalue weighted by atomic mass is 10.1. The van der Waals surface area contributed by atoms with E-state index in [4.69, 9.17) is 18.9 Å². The van der Waals surface area contributed by atoms with Gasteiger partial charge in [0.2, 0.25) is 12.4 Å². The first-order valence-electron chi connectivity index (χ1n) is 10.4. The fourth-order valence-corrected chi connectivity index (χ4v) is 3.85. The monoisotopic (exact) mass is 489 g/mol. The lowest BCUT2D eigenvalue weighted by molar-refractivity contribution is -0.204. The Balaban J connectivity index is 1.66. The summed E-state index contributed by atoms with van der Waals surface area (Å²) in [6.45, 7) is 3.45. The number of benzene rings is 1. The first-order chi connectivity index (χ1) is 16.6. The van der Waals surface area contributed by atoms with Crippen molar-refractivity contribution in [3.63, 3.8) is 0 Å². The van der Waals surface area contributed by atoms with E-state index in [0.29, 0.717) is 5.69 Å². The van der Waals surface area contributed by atoms with Crippen molar-refractivity contribution < 1.29 is 43.6 Å². The summed E-state index contributed by atoms with van der Waals surface area (Å²) in [5.74, 6) is -1.83. The van der Waals surface area contributed by atoms with Crippen LogP contribution >= 0.6 is 0 Å². The van der Waals surface area contributed by atoms with E-state index >= 15 is 0 Å². The van der Waals surface area contributed by atoms with Crippen LogP contribution in [0.15, 0.2) is 45.8 Å². The summed E-state index contributed by atoms with van der Waals surface area (Å²) in [5.41, 5.74) is 0.784. The Labute approximate surface area is 199 Å². The summed E-state index contributed by atoms with van der Waals surface area (Å²) in [7, 11) is 0. The smallest absolute Gasteiger partial charge is 0.305 e. The summed E-state index contributed by atoms with van der Waals surface area (Å²) in [6, 6.07) is 6.32. The van der Waals surface area contributed by atoms with Gasteiger partial charge in [-0.3, -0.25) is 19.6 Å². The number of esters is 3. The number of hydrogen-bond donors (Lipinski definition) is 3. The van der Waals surface area contributed by atoms with Crippen molar-refractivity contribution >= 4 is 36.3 Å². The van der Waals surface area contributed by atoms with E-state index in [1.807, 2.05) is 0 Å². The van der Waals surface area contributed by atoms with Crippen molar-refractivity contribution in [3.8, 4) is 5.75 Å². The van der Waals surface area contributed by atoms with Crippen molar-refractivity contribution in [1.29, 1.82) is 0 Å². The third kappa shape index (κ3) is 5.02. The summed E-state index contributed by atoms with van der Waals surface area (Å²) in [4.78, 5) is 45.1. The predicted octanol–water partition coefficient (Wildman–Crippen LogP) is 0.485. The third-order valence-corrected chi connectivity index (χ3v) is 5.09. The highest BCUT2D eigenvalue weighted by Gasteiger charge is 2.56. The molecule has 0 radical (unpaired) electrons. The Kier molecular flexibility index (Phi) is 6.57. The van der Waals surface area contributed by atoms with Crippen LogP contribution in [0, 0.1) is 0 Å². The van der Waals surface area contributed by atoms with Gasteiger partial charge >= 0.3 is 17.9 Å². The highest BCUT2D eigenvalue weighted by atomic mass is 16.8. The Bertz CT molecular complexity index is 1120. The minimum Gasteiger partial charge on any atom is -0.508 e. The number of aliphatic imine (C=N–C) groups is 2. The number of phenols is 1. The standard InChI is InChI=1S/C21H23N5O9/c1-10(27)32-16-17(33-11(2)28)21(34-12(3)29)35-20(16)25-8-22-15-18(23-9-26(31)19(15)25)24-13-5-4-6-14(30)7-13/h4-9,16-17,19-21,24,30-31H,1-3H3. The van der Waals surface area contributed by atoms with Gasteiger partial charge in [0.1, 0.15) is 17.8 Å². The van der Waals surface area contributed by atoms with E-state index in [0.717, 1.165) is 32.2 Å². The Hall–Kier alpha value is -4.17. The number of anilines is 1. The van der Waals surface area contributed by atoms with E-state index in [2.05, 4.69) is 15.3 Å². The number of nitrogens with zero attached hydrogens (tertiary/aromatic N) is 4. The van der Waals surface area contributed by atoms with E-state index in [9.17, 15) is 24.7 Å². The molecule has 3 aliphatic rings. The number of hydroxylamine groups is 2. The minimum atomic E-state index is -1.39. The second-order valence-corrected chi connectivity index (χ2v) is 7.75. The molecule has 186 valence electrons. The Morgan fingerprint density at radius 2 is 1.69 bits per heavy atom. The molecule has 14 nitrogen and oxygen atoms in total. The van der Waals surface area contributed by atoms with Gasteiger partial charge in [-0.25, -0.2) is 15.0 Å². The Morgan fingerprint density at radius 1 is 1.00 bits per heavy atom. The van der Waals surface area contributed by atoms with Crippen LogP contribution in [-0.4, -0.2) is 81.8 Å². The van der Waals surface area contributed by atoms with Gasteiger partial charge in [-0.2, -0.15) is 0 Å². The highest BCUT2D eigenvalue weighted by molar-refractivity contribution is 5.71. The van der Waals surface area contributed by atoms with E-state index in [1.54, 1.807) is 12.1 Å². The summed E-state index contributed by atoms with van der Waals surface area (Å²) in [6.07, 6.45) is -3.62. The van der Waals surface area contributed by atoms with Crippen molar-refractivity contribution in [2.45, 2.75) is 51.7 Å². The zero-order chi connectivity index (χ0) is 25.3. The van der Waals surface area contributed by atoms with Crippen LogP contribution in [0.1, 0.15) is 20.8 Å². The molecular formula is C21H23N5O9. The minimum absolute atomic E-state index is 0.0360. The van der Waals surface area contributed by atoms with Gasteiger partial charge in [0, 0.05) is 32.5 Å². The molecule has 3 aliphatic heterocycles. The number of ether oxygens (including phenoxy) is 4. The number of carbonyl (C=O) groups excluding carboxylic acids is 3. The maximum Gasteiger partial charge on any atom is 0.305 e. The molecule has 0 aromatic heterocycles. The number of carbonyl (C=O) groups is 3. The van der Waals surface area contributed by atoms with Gasteiger partial charge in [-0.05, 0) is 12.1 Å². The van der Waals surface area contributed by atoms with Crippen LogP contribution in [0.3, 0.4) is 0 Å². The van der Waals surface area contributed by atoms with Crippen molar-refractivity contribution in [3.05, 3.63) is 35.8 Å². The molecule has 0 bridgehead atoms. The van der Waals surface area contributed by atoms with Crippen LogP contribution < -0.4 is 5.32 Å². The van der Waals surface area contributed by atoms with Crippen LogP contribution in [-0.2, 0) is 33.3 Å². The molecule has 1 saturated heterocycles. The molecule has 0 aliphatic carbocycles. The van der Waals surface area contributed by atoms with E-state index in [-0.39, 0.29) is 17.3 Å². The van der Waals surface area contributed by atoms with Crippen LogP contribution in [0.5, 0.6) is 5.75 Å². The third-order valence-electron chi connectivity index (χ3n) is 5.09. The number of hydrogen-bond acceptors (Lipinski definition) is 14. The molecule has 5 unspecified atom stereocenters. The first kappa shape index (κ1) is 24.0. The van der Waals surface area contributed by atoms with Gasteiger partial charge in [-0.1, -0.05) is 6.07 Å².